The van der Waals surface area contributed by atoms with Gasteiger partial charge in [0.1, 0.15) is 24.2 Å². The fourth-order valence-electron chi connectivity index (χ4n) is 4.69. The van der Waals surface area contributed by atoms with Gasteiger partial charge in [-0.05, 0) is 31.5 Å². The Hall–Kier alpha value is -3.63. The number of amides is 2. The number of nitrogens with zero attached hydrogens (tertiary/aromatic N) is 4. The van der Waals surface area contributed by atoms with E-state index >= 15 is 0 Å². The van der Waals surface area contributed by atoms with Gasteiger partial charge in [0.25, 0.3) is 5.91 Å². The molecular formula is C27H30ClN5O5. The number of carbonyl (C=O) groups is 2. The number of piperidine rings is 1. The molecule has 0 saturated carbocycles. The van der Waals surface area contributed by atoms with Gasteiger partial charge in [-0.15, -0.1) is 0 Å². The van der Waals surface area contributed by atoms with Crippen molar-refractivity contribution < 1.29 is 24.2 Å². The molecule has 0 radical (unpaired) electrons. The summed E-state index contributed by atoms with van der Waals surface area (Å²) in [7, 11) is 0. The summed E-state index contributed by atoms with van der Waals surface area (Å²) in [6.07, 6.45) is 5.93. The van der Waals surface area contributed by atoms with E-state index in [2.05, 4.69) is 15.4 Å². The molecule has 2 amide bonds. The molecule has 2 fully saturated rings. The summed E-state index contributed by atoms with van der Waals surface area (Å²) < 4.78 is 13.3. The minimum absolute atomic E-state index is 0.0248. The predicted octanol–water partition coefficient (Wildman–Crippen LogP) is 3.66. The molecule has 10 nitrogen and oxygen atoms in total. The summed E-state index contributed by atoms with van der Waals surface area (Å²) in [4.78, 5) is 31.0. The third-order valence-electron chi connectivity index (χ3n) is 6.55. The molecule has 38 heavy (non-hydrogen) atoms. The van der Waals surface area contributed by atoms with E-state index in [9.17, 15) is 14.7 Å². The van der Waals surface area contributed by atoms with Gasteiger partial charge in [0.15, 0.2) is 0 Å². The van der Waals surface area contributed by atoms with E-state index in [-0.39, 0.29) is 29.8 Å². The first-order valence-electron chi connectivity index (χ1n) is 12.5. The highest BCUT2D eigenvalue weighted by Crippen LogP contribution is 2.34. The number of aromatic nitrogens is 3. The molecule has 1 aromatic carbocycles. The Labute approximate surface area is 225 Å². The van der Waals surface area contributed by atoms with Crippen LogP contribution in [0, 0.1) is 0 Å². The fraction of sp³-hybridized carbons (Fsp3) is 0.407. The second-order valence-corrected chi connectivity index (χ2v) is 10.7. The molecule has 0 aliphatic carbocycles. The first-order valence-corrected chi connectivity index (χ1v) is 12.9. The maximum Gasteiger partial charge on any atom is 0.410 e. The number of aliphatic hydroxyl groups is 1. The van der Waals surface area contributed by atoms with Crippen molar-refractivity contribution in [2.45, 2.75) is 57.5 Å². The number of nitrogens with one attached hydrogen (secondary N) is 1. The molecule has 3 aromatic rings. The highest BCUT2D eigenvalue weighted by molar-refractivity contribution is 6.30. The molecule has 2 N–H and O–H groups in total. The number of pyridine rings is 1. The molecule has 2 saturated heterocycles. The largest absolute Gasteiger partial charge is 0.489 e. The summed E-state index contributed by atoms with van der Waals surface area (Å²) in [6.45, 7) is 4.97. The summed E-state index contributed by atoms with van der Waals surface area (Å²) in [6, 6.07) is 8.86. The molecular weight excluding hydrogens is 510 g/mol. The number of benzene rings is 1. The second kappa shape index (κ2) is 10.6. The van der Waals surface area contributed by atoms with Crippen LogP contribution >= 0.6 is 11.6 Å². The number of carbonyl (C=O) groups excluding carboxylic acids is 2. The van der Waals surface area contributed by atoms with Crippen molar-refractivity contribution in [1.29, 1.82) is 0 Å². The topological polar surface area (TPSA) is 119 Å². The van der Waals surface area contributed by atoms with E-state index in [0.717, 1.165) is 11.1 Å². The van der Waals surface area contributed by atoms with Crippen LogP contribution in [0.1, 0.15) is 42.7 Å². The van der Waals surface area contributed by atoms with Gasteiger partial charge in [-0.1, -0.05) is 23.7 Å². The highest BCUT2D eigenvalue weighted by atomic mass is 35.5. The maximum atomic E-state index is 13.0. The van der Waals surface area contributed by atoms with Gasteiger partial charge < -0.3 is 24.8 Å². The lowest BCUT2D eigenvalue weighted by Gasteiger charge is -2.32. The third-order valence-corrected chi connectivity index (χ3v) is 6.81. The molecule has 0 unspecified atom stereocenters. The summed E-state index contributed by atoms with van der Waals surface area (Å²) in [5, 5.41) is 18.1. The normalized spacial score (nSPS) is 19.2. The average Bonchev–Trinajstić information content (AvgIpc) is 3.48. The van der Waals surface area contributed by atoms with Crippen molar-refractivity contribution in [3.63, 3.8) is 0 Å². The minimum Gasteiger partial charge on any atom is -0.489 e. The maximum absolute atomic E-state index is 13.0. The Kier molecular flexibility index (Phi) is 7.27. The Morgan fingerprint density at radius 3 is 2.84 bits per heavy atom. The van der Waals surface area contributed by atoms with Gasteiger partial charge in [0, 0.05) is 60.5 Å². The number of rotatable bonds is 8. The quantitative estimate of drug-likeness (QED) is 0.448. The van der Waals surface area contributed by atoms with Crippen LogP contribution in [0.25, 0.3) is 11.1 Å². The Bertz CT molecular complexity index is 1320. The Balaban J connectivity index is 1.37. The van der Waals surface area contributed by atoms with Crippen molar-refractivity contribution in [2.24, 2.45) is 0 Å². The number of fused-ring (bicyclic) bond motifs is 1. The molecule has 2 aromatic heterocycles. The Morgan fingerprint density at radius 2 is 2.08 bits per heavy atom. The van der Waals surface area contributed by atoms with Crippen LogP contribution in [-0.2, 0) is 17.8 Å². The van der Waals surface area contributed by atoms with Gasteiger partial charge in [-0.3, -0.25) is 14.5 Å². The van der Waals surface area contributed by atoms with Crippen molar-refractivity contribution >= 4 is 23.6 Å². The third kappa shape index (κ3) is 6.08. The van der Waals surface area contributed by atoms with E-state index in [1.165, 1.54) is 0 Å². The lowest BCUT2D eigenvalue weighted by atomic mass is 10.0. The summed E-state index contributed by atoms with van der Waals surface area (Å²) in [5.41, 5.74) is 1.64. The molecule has 200 valence electrons. The van der Waals surface area contributed by atoms with E-state index in [1.807, 2.05) is 18.3 Å². The van der Waals surface area contributed by atoms with Gasteiger partial charge in [-0.2, -0.15) is 5.10 Å². The number of hydrogen-bond acceptors (Lipinski definition) is 7. The Morgan fingerprint density at radius 1 is 1.29 bits per heavy atom. The smallest absolute Gasteiger partial charge is 0.410 e. The molecule has 4 heterocycles. The van der Waals surface area contributed by atoms with Gasteiger partial charge >= 0.3 is 6.09 Å². The second-order valence-electron chi connectivity index (χ2n) is 10.3. The van der Waals surface area contributed by atoms with E-state index < -0.39 is 5.60 Å². The average molecular weight is 540 g/mol. The summed E-state index contributed by atoms with van der Waals surface area (Å²) >= 11 is 5.95. The number of hydrogen-bond donors (Lipinski definition) is 2. The fourth-order valence-corrected chi connectivity index (χ4v) is 4.81. The molecule has 2 aliphatic heterocycles. The van der Waals surface area contributed by atoms with Crippen molar-refractivity contribution in [3.8, 4) is 16.9 Å². The number of ether oxygens (including phenoxy) is 2. The molecule has 11 heteroatoms. The molecule has 5 rings (SSSR count). The van der Waals surface area contributed by atoms with Crippen LogP contribution in [0.3, 0.4) is 0 Å². The van der Waals surface area contributed by atoms with Gasteiger partial charge in [0.05, 0.1) is 24.4 Å². The first-order chi connectivity index (χ1) is 18.1. The van der Waals surface area contributed by atoms with E-state index in [1.54, 1.807) is 54.0 Å². The number of cyclic esters (lactones) is 1. The molecule has 0 bridgehead atoms. The monoisotopic (exact) mass is 539 g/mol. The lowest BCUT2D eigenvalue weighted by Crippen LogP contribution is -2.44. The van der Waals surface area contributed by atoms with Crippen LogP contribution in [0.4, 0.5) is 4.79 Å². The zero-order valence-electron chi connectivity index (χ0n) is 21.3. The number of halogens is 1. The van der Waals surface area contributed by atoms with E-state index in [0.29, 0.717) is 55.4 Å². The van der Waals surface area contributed by atoms with Crippen LogP contribution < -0.4 is 10.1 Å². The van der Waals surface area contributed by atoms with Crippen LogP contribution in [0.5, 0.6) is 5.75 Å². The summed E-state index contributed by atoms with van der Waals surface area (Å²) in [5.74, 6) is 0.168. The zero-order chi connectivity index (χ0) is 26.9. The van der Waals surface area contributed by atoms with Gasteiger partial charge in [0.2, 0.25) is 0 Å². The van der Waals surface area contributed by atoms with Crippen molar-refractivity contribution in [3.05, 3.63) is 65.2 Å². The lowest BCUT2D eigenvalue weighted by molar-refractivity contribution is 0.0577. The molecule has 0 spiro atoms. The van der Waals surface area contributed by atoms with Gasteiger partial charge in [-0.25, -0.2) is 4.79 Å². The standard InChI is InChI=1S/C27H30ClN5O5/c1-27(2,36)16-32-14-18(12-31-32)22-13-29-23(25(34)30-11-17-3-5-19(28)6-4-17)10-24(22)38-21-7-8-33-20(9-21)15-37-26(33)35/h3-6,10,12-14,20-21,36H,7-9,11,15-16H2,1-2H3,(H,30,34)/t20-,21-/m0/s1. The van der Waals surface area contributed by atoms with Crippen LogP contribution in [0.2, 0.25) is 5.02 Å². The van der Waals surface area contributed by atoms with Crippen LogP contribution in [-0.4, -0.2) is 67.7 Å². The first kappa shape index (κ1) is 26.0. The van der Waals surface area contributed by atoms with E-state index in [4.69, 9.17) is 21.1 Å². The highest BCUT2D eigenvalue weighted by Gasteiger charge is 2.39. The predicted molar refractivity (Wildman–Crippen MR) is 140 cm³/mol. The zero-order valence-corrected chi connectivity index (χ0v) is 22.0. The van der Waals surface area contributed by atoms with Crippen molar-refractivity contribution in [2.75, 3.05) is 13.2 Å². The molecule has 2 aliphatic rings. The molecule has 2 atom stereocenters. The SMILES string of the molecule is CC(C)(O)Cn1cc(-c2cnc(C(=O)NCc3ccc(Cl)cc3)cc2O[C@H]2CCN3C(=O)OC[C@@H]3C2)cn1. The van der Waals surface area contributed by atoms with Crippen LogP contribution in [0.15, 0.2) is 48.9 Å². The minimum atomic E-state index is -0.929. The van der Waals surface area contributed by atoms with Crippen molar-refractivity contribution in [1.82, 2.24) is 25.0 Å².